The zero-order valence-electron chi connectivity index (χ0n) is 8.18. The summed E-state index contributed by atoms with van der Waals surface area (Å²) < 4.78 is 10.7. The Hall–Kier alpha value is -1.33. The number of aromatic carboxylic acids is 1. The van der Waals surface area contributed by atoms with E-state index in [1.807, 2.05) is 0 Å². The molecule has 0 atom stereocenters. The third kappa shape index (κ3) is 2.19. The minimum atomic E-state index is -0.955. The summed E-state index contributed by atoms with van der Waals surface area (Å²) in [5.41, 5.74) is 0.828. The van der Waals surface area contributed by atoms with Crippen LogP contribution in [-0.2, 0) is 9.31 Å². The Balaban J connectivity index is 2.29. The van der Waals surface area contributed by atoms with Crippen molar-refractivity contribution >= 4 is 18.6 Å². The fourth-order valence-electron chi connectivity index (χ4n) is 1.56. The number of benzene rings is 1. The molecule has 1 N–H and O–H groups in total. The van der Waals surface area contributed by atoms with Gasteiger partial charge in [-0.25, -0.2) is 4.79 Å². The van der Waals surface area contributed by atoms with Gasteiger partial charge in [0.15, 0.2) is 0 Å². The lowest BCUT2D eigenvalue weighted by molar-refractivity contribution is 0.0696. The first-order chi connectivity index (χ1) is 7.29. The van der Waals surface area contributed by atoms with Crippen LogP contribution in [0.4, 0.5) is 0 Å². The van der Waals surface area contributed by atoms with Crippen molar-refractivity contribution in [3.63, 3.8) is 0 Å². The average Bonchev–Trinajstić information content (AvgIpc) is 2.30. The normalized spacial score (nSPS) is 16.4. The molecule has 1 heterocycles. The molecule has 1 saturated heterocycles. The largest absolute Gasteiger partial charge is 0.494 e. The fraction of sp³-hybridized carbons (Fsp3) is 0.300. The molecule has 2 rings (SSSR count). The van der Waals surface area contributed by atoms with Gasteiger partial charge in [0.2, 0.25) is 0 Å². The number of carboxylic acids is 1. The van der Waals surface area contributed by atoms with E-state index < -0.39 is 13.1 Å². The van der Waals surface area contributed by atoms with Gasteiger partial charge in [0.25, 0.3) is 0 Å². The Morgan fingerprint density at radius 3 is 2.60 bits per heavy atom. The summed E-state index contributed by atoms with van der Waals surface area (Å²) in [5.74, 6) is -0.955. The van der Waals surface area contributed by atoms with Gasteiger partial charge in [-0.3, -0.25) is 0 Å². The van der Waals surface area contributed by atoms with Crippen molar-refractivity contribution in [3.8, 4) is 0 Å². The average molecular weight is 206 g/mol. The zero-order valence-corrected chi connectivity index (χ0v) is 8.18. The number of carboxylic acid groups (broad SMARTS) is 1. The predicted molar refractivity (Wildman–Crippen MR) is 55.3 cm³/mol. The van der Waals surface area contributed by atoms with E-state index in [0.29, 0.717) is 18.7 Å². The topological polar surface area (TPSA) is 55.8 Å². The number of rotatable bonds is 2. The van der Waals surface area contributed by atoms with E-state index in [1.54, 1.807) is 24.3 Å². The SMILES string of the molecule is O=C(O)c1ccccc1B1OCCCO1. The summed E-state index contributed by atoms with van der Waals surface area (Å²) in [6, 6.07) is 6.75. The number of carbonyl (C=O) groups is 1. The van der Waals surface area contributed by atoms with Crippen LogP contribution >= 0.6 is 0 Å². The quantitative estimate of drug-likeness (QED) is 0.716. The molecule has 4 nitrogen and oxygen atoms in total. The maximum atomic E-state index is 11.0. The molecular weight excluding hydrogens is 195 g/mol. The Morgan fingerprint density at radius 1 is 1.27 bits per heavy atom. The van der Waals surface area contributed by atoms with E-state index >= 15 is 0 Å². The Morgan fingerprint density at radius 2 is 1.93 bits per heavy atom. The lowest BCUT2D eigenvalue weighted by Gasteiger charge is -2.20. The van der Waals surface area contributed by atoms with E-state index in [-0.39, 0.29) is 5.56 Å². The van der Waals surface area contributed by atoms with Gasteiger partial charge in [0, 0.05) is 13.2 Å². The van der Waals surface area contributed by atoms with Crippen molar-refractivity contribution in [1.82, 2.24) is 0 Å². The molecule has 15 heavy (non-hydrogen) atoms. The van der Waals surface area contributed by atoms with E-state index in [4.69, 9.17) is 14.4 Å². The smallest absolute Gasteiger partial charge is 0.478 e. The highest BCUT2D eigenvalue weighted by atomic mass is 16.6. The maximum Gasteiger partial charge on any atom is 0.494 e. The van der Waals surface area contributed by atoms with Crippen LogP contribution in [0, 0.1) is 0 Å². The van der Waals surface area contributed by atoms with Crippen molar-refractivity contribution in [2.24, 2.45) is 0 Å². The Kier molecular flexibility index (Phi) is 3.04. The minimum Gasteiger partial charge on any atom is -0.478 e. The first kappa shape index (κ1) is 10.2. The zero-order chi connectivity index (χ0) is 10.7. The van der Waals surface area contributed by atoms with Crippen LogP contribution < -0.4 is 5.46 Å². The van der Waals surface area contributed by atoms with Crippen LogP contribution in [0.2, 0.25) is 0 Å². The molecule has 1 fully saturated rings. The molecule has 0 unspecified atom stereocenters. The van der Waals surface area contributed by atoms with Crippen LogP contribution in [0.1, 0.15) is 16.8 Å². The molecule has 1 aliphatic rings. The molecule has 0 bridgehead atoms. The molecular formula is C10H11BO4. The van der Waals surface area contributed by atoms with Gasteiger partial charge in [-0.2, -0.15) is 0 Å². The first-order valence-electron chi connectivity index (χ1n) is 4.84. The fourth-order valence-corrected chi connectivity index (χ4v) is 1.56. The van der Waals surface area contributed by atoms with Crippen LogP contribution in [0.15, 0.2) is 24.3 Å². The van der Waals surface area contributed by atoms with E-state index in [0.717, 1.165) is 6.42 Å². The Bertz CT molecular complexity index is 360. The molecule has 0 aromatic heterocycles. The third-order valence-corrected chi connectivity index (χ3v) is 2.27. The highest BCUT2D eigenvalue weighted by Gasteiger charge is 2.28. The molecule has 0 spiro atoms. The van der Waals surface area contributed by atoms with Gasteiger partial charge in [-0.15, -0.1) is 0 Å². The molecule has 0 saturated carbocycles. The lowest BCUT2D eigenvalue weighted by Crippen LogP contribution is -2.43. The van der Waals surface area contributed by atoms with E-state index in [9.17, 15) is 4.79 Å². The summed E-state index contributed by atoms with van der Waals surface area (Å²) in [4.78, 5) is 11.0. The monoisotopic (exact) mass is 206 g/mol. The predicted octanol–water partition coefficient (Wildman–Crippen LogP) is 0.517. The summed E-state index contributed by atoms with van der Waals surface area (Å²) >= 11 is 0. The first-order valence-corrected chi connectivity index (χ1v) is 4.84. The van der Waals surface area contributed by atoms with Crippen LogP contribution in [0.25, 0.3) is 0 Å². The van der Waals surface area contributed by atoms with Crippen LogP contribution in [-0.4, -0.2) is 31.4 Å². The van der Waals surface area contributed by atoms with Gasteiger partial charge in [0.05, 0.1) is 5.56 Å². The van der Waals surface area contributed by atoms with Gasteiger partial charge < -0.3 is 14.4 Å². The van der Waals surface area contributed by atoms with Crippen molar-refractivity contribution in [3.05, 3.63) is 29.8 Å². The van der Waals surface area contributed by atoms with Crippen molar-refractivity contribution in [1.29, 1.82) is 0 Å². The van der Waals surface area contributed by atoms with E-state index in [1.165, 1.54) is 0 Å². The standard InChI is InChI=1S/C10H11BO4/c12-10(13)8-4-1-2-5-9(8)11-14-6-3-7-15-11/h1-2,4-5H,3,6-7H2,(H,12,13). The second kappa shape index (κ2) is 4.46. The summed E-state index contributed by atoms with van der Waals surface area (Å²) in [6.07, 6.45) is 0.853. The number of hydrogen-bond acceptors (Lipinski definition) is 3. The van der Waals surface area contributed by atoms with Crippen molar-refractivity contribution in [2.75, 3.05) is 13.2 Å². The van der Waals surface area contributed by atoms with Gasteiger partial charge in [-0.05, 0) is 17.9 Å². The van der Waals surface area contributed by atoms with E-state index in [2.05, 4.69) is 0 Å². The lowest BCUT2D eigenvalue weighted by atomic mass is 9.75. The summed E-state index contributed by atoms with van der Waals surface area (Å²) in [6.45, 7) is 1.22. The molecule has 1 aromatic carbocycles. The van der Waals surface area contributed by atoms with Crippen molar-refractivity contribution in [2.45, 2.75) is 6.42 Å². The summed E-state index contributed by atoms with van der Waals surface area (Å²) in [5, 5.41) is 8.99. The Labute approximate surface area is 88.0 Å². The highest BCUT2D eigenvalue weighted by molar-refractivity contribution is 6.63. The maximum absolute atomic E-state index is 11.0. The molecule has 0 radical (unpaired) electrons. The van der Waals surface area contributed by atoms with Gasteiger partial charge >= 0.3 is 13.1 Å². The highest BCUT2D eigenvalue weighted by Crippen LogP contribution is 2.05. The summed E-state index contributed by atoms with van der Waals surface area (Å²) in [7, 11) is -0.536. The molecule has 5 heteroatoms. The van der Waals surface area contributed by atoms with Crippen LogP contribution in [0.3, 0.4) is 0 Å². The molecule has 1 aliphatic heterocycles. The van der Waals surface area contributed by atoms with Gasteiger partial charge in [-0.1, -0.05) is 18.2 Å². The second-order valence-corrected chi connectivity index (χ2v) is 3.32. The van der Waals surface area contributed by atoms with Gasteiger partial charge in [0.1, 0.15) is 0 Å². The second-order valence-electron chi connectivity index (χ2n) is 3.32. The number of hydrogen-bond donors (Lipinski definition) is 1. The minimum absolute atomic E-state index is 0.240. The molecule has 78 valence electrons. The molecule has 0 aliphatic carbocycles. The molecule has 1 aromatic rings. The molecule has 0 amide bonds. The van der Waals surface area contributed by atoms with Crippen molar-refractivity contribution < 1.29 is 19.2 Å². The van der Waals surface area contributed by atoms with Crippen LogP contribution in [0.5, 0.6) is 0 Å². The third-order valence-electron chi connectivity index (χ3n) is 2.27.